The Labute approximate surface area is 169 Å². The van der Waals surface area contributed by atoms with Crippen LogP contribution in [0, 0.1) is 0 Å². The van der Waals surface area contributed by atoms with Gasteiger partial charge in [-0.05, 0) is 12.5 Å². The maximum atomic E-state index is 4.88. The molecule has 2 aromatic carbocycles. The van der Waals surface area contributed by atoms with Gasteiger partial charge in [-0.15, -0.1) is 12.4 Å². The van der Waals surface area contributed by atoms with Crippen LogP contribution in [-0.4, -0.2) is 25.5 Å². The van der Waals surface area contributed by atoms with Gasteiger partial charge in [-0.1, -0.05) is 72.4 Å². The third-order valence-electron chi connectivity index (χ3n) is 4.12. The first kappa shape index (κ1) is 19.3. The largest absolute Gasteiger partial charge is 0.332 e. The maximum Gasteiger partial charge on any atom is 0.166 e. The smallest absolute Gasteiger partial charge is 0.166 e. The van der Waals surface area contributed by atoms with Crippen molar-refractivity contribution in [3.63, 3.8) is 0 Å². The highest BCUT2D eigenvalue weighted by molar-refractivity contribution is 7.99. The molecule has 0 amide bonds. The van der Waals surface area contributed by atoms with Gasteiger partial charge in [-0.3, -0.25) is 4.68 Å². The minimum absolute atomic E-state index is 0. The van der Waals surface area contributed by atoms with Crippen LogP contribution in [0.2, 0.25) is 0 Å². The van der Waals surface area contributed by atoms with E-state index in [1.165, 1.54) is 0 Å². The van der Waals surface area contributed by atoms with E-state index >= 15 is 0 Å². The Morgan fingerprint density at radius 3 is 2.26 bits per heavy atom. The number of aryl methyl sites for hydroxylation is 1. The standard InChI is InChI=1S/C21H20N4S.ClH/c1-3-9-17(10-4-1)19-20(18-11-5-2-6-12-18)24-21(23-19)26-16-8-15-25-14-7-13-22-25;/h1-7,9-14H,8,15-16H2,(H,23,24);1H. The fourth-order valence-electron chi connectivity index (χ4n) is 2.87. The van der Waals surface area contributed by atoms with E-state index in [2.05, 4.69) is 58.6 Å². The van der Waals surface area contributed by atoms with Crippen LogP contribution in [0.4, 0.5) is 0 Å². The van der Waals surface area contributed by atoms with Gasteiger partial charge in [0.15, 0.2) is 5.16 Å². The van der Waals surface area contributed by atoms with E-state index in [0.29, 0.717) is 0 Å². The number of halogens is 1. The second-order valence-corrected chi connectivity index (χ2v) is 7.05. The molecule has 0 unspecified atom stereocenters. The second kappa shape index (κ2) is 9.44. The van der Waals surface area contributed by atoms with Crippen molar-refractivity contribution in [3.05, 3.63) is 79.1 Å². The molecular weight excluding hydrogens is 376 g/mol. The number of hydrogen-bond donors (Lipinski definition) is 1. The number of hydrogen-bond acceptors (Lipinski definition) is 3. The molecule has 0 fully saturated rings. The molecule has 2 aromatic heterocycles. The summed E-state index contributed by atoms with van der Waals surface area (Å²) < 4.78 is 1.97. The molecule has 0 aliphatic carbocycles. The van der Waals surface area contributed by atoms with Crippen molar-refractivity contribution in [1.29, 1.82) is 0 Å². The molecular formula is C21H21ClN4S. The van der Waals surface area contributed by atoms with Gasteiger partial charge in [0.05, 0.1) is 11.4 Å². The summed E-state index contributed by atoms with van der Waals surface area (Å²) in [5, 5.41) is 5.20. The maximum absolute atomic E-state index is 4.88. The van der Waals surface area contributed by atoms with Gasteiger partial charge < -0.3 is 4.98 Å². The van der Waals surface area contributed by atoms with Gasteiger partial charge in [0.1, 0.15) is 0 Å². The lowest BCUT2D eigenvalue weighted by atomic mass is 10.1. The Kier molecular flexibility index (Phi) is 6.74. The molecule has 4 aromatic rings. The fourth-order valence-corrected chi connectivity index (χ4v) is 3.66. The summed E-state index contributed by atoms with van der Waals surface area (Å²) in [5.41, 5.74) is 4.37. The summed E-state index contributed by atoms with van der Waals surface area (Å²) in [6, 6.07) is 22.7. The van der Waals surface area contributed by atoms with Crippen molar-refractivity contribution in [2.75, 3.05) is 5.75 Å². The number of rotatable bonds is 7. The van der Waals surface area contributed by atoms with Crippen LogP contribution >= 0.6 is 24.2 Å². The van der Waals surface area contributed by atoms with E-state index in [0.717, 1.165) is 46.4 Å². The highest BCUT2D eigenvalue weighted by atomic mass is 35.5. The zero-order valence-electron chi connectivity index (χ0n) is 14.8. The van der Waals surface area contributed by atoms with Crippen LogP contribution < -0.4 is 0 Å². The normalized spacial score (nSPS) is 10.5. The van der Waals surface area contributed by atoms with Gasteiger partial charge >= 0.3 is 0 Å². The van der Waals surface area contributed by atoms with Crippen LogP contribution in [0.15, 0.2) is 84.3 Å². The number of aromatic nitrogens is 4. The van der Waals surface area contributed by atoms with Gasteiger partial charge in [-0.2, -0.15) is 5.10 Å². The van der Waals surface area contributed by atoms with E-state index in [4.69, 9.17) is 4.98 Å². The lowest BCUT2D eigenvalue weighted by molar-refractivity contribution is 0.606. The molecule has 0 atom stereocenters. The van der Waals surface area contributed by atoms with Crippen molar-refractivity contribution in [3.8, 4) is 22.5 Å². The summed E-state index contributed by atoms with van der Waals surface area (Å²) in [6.45, 7) is 0.928. The van der Waals surface area contributed by atoms with Crippen molar-refractivity contribution in [1.82, 2.24) is 19.7 Å². The average Bonchev–Trinajstić information content (AvgIpc) is 3.37. The van der Waals surface area contributed by atoms with Crippen molar-refractivity contribution >= 4 is 24.2 Å². The first-order valence-corrected chi connectivity index (χ1v) is 9.70. The number of nitrogens with zero attached hydrogens (tertiary/aromatic N) is 3. The number of aromatic amines is 1. The van der Waals surface area contributed by atoms with Gasteiger partial charge in [0, 0.05) is 35.8 Å². The average molecular weight is 397 g/mol. The van der Waals surface area contributed by atoms with Gasteiger partial charge in [0.2, 0.25) is 0 Å². The van der Waals surface area contributed by atoms with Gasteiger partial charge in [-0.25, -0.2) is 4.98 Å². The molecule has 0 saturated heterocycles. The SMILES string of the molecule is Cl.c1ccc(-c2nc(SCCCn3cccn3)[nH]c2-c2ccccc2)cc1. The van der Waals surface area contributed by atoms with Crippen LogP contribution in [0.1, 0.15) is 6.42 Å². The summed E-state index contributed by atoms with van der Waals surface area (Å²) in [4.78, 5) is 8.40. The Morgan fingerprint density at radius 1 is 0.889 bits per heavy atom. The number of thioether (sulfide) groups is 1. The molecule has 0 radical (unpaired) electrons. The highest BCUT2D eigenvalue weighted by Gasteiger charge is 2.14. The quantitative estimate of drug-likeness (QED) is 0.329. The molecule has 2 heterocycles. The van der Waals surface area contributed by atoms with Crippen LogP contribution in [0.25, 0.3) is 22.5 Å². The van der Waals surface area contributed by atoms with Crippen LogP contribution in [0.5, 0.6) is 0 Å². The molecule has 1 N–H and O–H groups in total. The predicted octanol–water partition coefficient (Wildman–Crippen LogP) is 5.54. The van der Waals surface area contributed by atoms with Crippen LogP contribution in [0.3, 0.4) is 0 Å². The molecule has 27 heavy (non-hydrogen) atoms. The van der Waals surface area contributed by atoms with Crippen molar-refractivity contribution in [2.24, 2.45) is 0 Å². The van der Waals surface area contributed by atoms with E-state index in [9.17, 15) is 0 Å². The first-order chi connectivity index (χ1) is 12.9. The number of imidazole rings is 1. The molecule has 0 spiro atoms. The Hall–Kier alpha value is -2.50. The number of H-pyrrole nitrogens is 1. The van der Waals surface area contributed by atoms with E-state index in [1.807, 2.05) is 35.3 Å². The minimum Gasteiger partial charge on any atom is -0.332 e. The molecule has 0 bridgehead atoms. The minimum atomic E-state index is 0. The fraction of sp³-hybridized carbons (Fsp3) is 0.143. The summed E-state index contributed by atoms with van der Waals surface area (Å²) in [7, 11) is 0. The Morgan fingerprint density at radius 2 is 1.59 bits per heavy atom. The second-order valence-electron chi connectivity index (χ2n) is 5.97. The zero-order chi connectivity index (χ0) is 17.6. The number of nitrogens with one attached hydrogen (secondary N) is 1. The molecule has 138 valence electrons. The molecule has 0 aliphatic heterocycles. The lowest BCUT2D eigenvalue weighted by Gasteiger charge is -2.02. The van der Waals surface area contributed by atoms with Crippen LogP contribution in [-0.2, 0) is 6.54 Å². The number of benzene rings is 2. The Bertz CT molecular complexity index is 880. The molecule has 0 aliphatic rings. The van der Waals surface area contributed by atoms with Gasteiger partial charge in [0.25, 0.3) is 0 Å². The molecule has 4 nitrogen and oxygen atoms in total. The van der Waals surface area contributed by atoms with E-state index in [1.54, 1.807) is 11.8 Å². The first-order valence-electron chi connectivity index (χ1n) is 8.71. The van der Waals surface area contributed by atoms with E-state index in [-0.39, 0.29) is 12.4 Å². The zero-order valence-corrected chi connectivity index (χ0v) is 16.4. The van der Waals surface area contributed by atoms with Crippen molar-refractivity contribution < 1.29 is 0 Å². The molecule has 4 rings (SSSR count). The third kappa shape index (κ3) is 4.81. The third-order valence-corrected chi connectivity index (χ3v) is 5.08. The Balaban J connectivity index is 0.00000210. The molecule has 6 heteroatoms. The van der Waals surface area contributed by atoms with Crippen molar-refractivity contribution in [2.45, 2.75) is 18.1 Å². The predicted molar refractivity (Wildman–Crippen MR) is 114 cm³/mol. The highest BCUT2D eigenvalue weighted by Crippen LogP contribution is 2.32. The lowest BCUT2D eigenvalue weighted by Crippen LogP contribution is -1.99. The summed E-state index contributed by atoms with van der Waals surface area (Å²) >= 11 is 1.76. The topological polar surface area (TPSA) is 46.5 Å². The summed E-state index contributed by atoms with van der Waals surface area (Å²) in [6.07, 6.45) is 4.87. The molecule has 0 saturated carbocycles. The summed E-state index contributed by atoms with van der Waals surface area (Å²) in [5.74, 6) is 0.996. The van der Waals surface area contributed by atoms with E-state index < -0.39 is 0 Å². The monoisotopic (exact) mass is 396 g/mol.